The Morgan fingerprint density at radius 3 is 2.22 bits per heavy atom. The van der Waals surface area contributed by atoms with Gasteiger partial charge < -0.3 is 9.47 Å². The van der Waals surface area contributed by atoms with Crippen molar-refractivity contribution < 1.29 is 19.1 Å². The predicted molar refractivity (Wildman–Crippen MR) is 67.0 cm³/mol. The van der Waals surface area contributed by atoms with Crippen molar-refractivity contribution in [2.24, 2.45) is 0 Å². The van der Waals surface area contributed by atoms with Gasteiger partial charge in [-0.15, -0.1) is 0 Å². The van der Waals surface area contributed by atoms with E-state index in [0.717, 1.165) is 24.0 Å². The van der Waals surface area contributed by atoms with Gasteiger partial charge in [0.25, 0.3) is 0 Å². The molecule has 0 N–H and O–H groups in total. The Balaban J connectivity index is 2.40. The molecule has 0 atom stereocenters. The van der Waals surface area contributed by atoms with Crippen molar-refractivity contribution >= 4 is 18.0 Å². The minimum atomic E-state index is -0.686. The molecule has 4 heteroatoms. The molecule has 4 nitrogen and oxygen atoms in total. The van der Waals surface area contributed by atoms with Gasteiger partial charge in [0, 0.05) is 12.2 Å². The molecule has 0 saturated heterocycles. The number of benzene rings is 1. The Labute approximate surface area is 105 Å². The Morgan fingerprint density at radius 2 is 1.61 bits per heavy atom. The highest BCUT2D eigenvalue weighted by atomic mass is 16.5. The van der Waals surface area contributed by atoms with Gasteiger partial charge in [0.1, 0.15) is 0 Å². The lowest BCUT2D eigenvalue weighted by molar-refractivity contribution is -0.135. The summed E-state index contributed by atoms with van der Waals surface area (Å²) in [6, 6.07) is 9.35. The number of carbonyl (C=O) groups is 2. The minimum absolute atomic E-state index is 0.664. The summed E-state index contributed by atoms with van der Waals surface area (Å²) in [7, 11) is 0. The SMILES string of the molecule is C=COC(=O)/C=C\C(=O)OC=Cc1ccccc1. The molecule has 0 aromatic heterocycles. The predicted octanol–water partition coefficient (Wildman–Crippen LogP) is 2.44. The summed E-state index contributed by atoms with van der Waals surface area (Å²) in [4.78, 5) is 22.0. The molecule has 0 amide bonds. The summed E-state index contributed by atoms with van der Waals surface area (Å²) >= 11 is 0. The Kier molecular flexibility index (Phi) is 5.69. The van der Waals surface area contributed by atoms with Crippen molar-refractivity contribution in [2.75, 3.05) is 0 Å². The van der Waals surface area contributed by atoms with E-state index in [1.807, 2.05) is 30.3 Å². The normalized spacial score (nSPS) is 10.4. The zero-order valence-electron chi connectivity index (χ0n) is 9.61. The maximum Gasteiger partial charge on any atom is 0.335 e. The number of esters is 2. The fraction of sp³-hybridized carbons (Fsp3) is 0. The molecule has 18 heavy (non-hydrogen) atoms. The second-order valence-electron chi connectivity index (χ2n) is 3.09. The largest absolute Gasteiger partial charge is 0.432 e. The number of ether oxygens (including phenoxy) is 2. The van der Waals surface area contributed by atoms with Crippen LogP contribution in [0.25, 0.3) is 6.08 Å². The van der Waals surface area contributed by atoms with E-state index in [-0.39, 0.29) is 0 Å². The lowest BCUT2D eigenvalue weighted by Crippen LogP contribution is -1.98. The number of hydrogen-bond acceptors (Lipinski definition) is 4. The fourth-order valence-electron chi connectivity index (χ4n) is 1.04. The van der Waals surface area contributed by atoms with Gasteiger partial charge in [-0.25, -0.2) is 9.59 Å². The van der Waals surface area contributed by atoms with Crippen LogP contribution >= 0.6 is 0 Å². The highest BCUT2D eigenvalue weighted by molar-refractivity contribution is 5.92. The maximum atomic E-state index is 11.1. The molecule has 0 unspecified atom stereocenters. The van der Waals surface area contributed by atoms with Crippen LogP contribution in [-0.4, -0.2) is 11.9 Å². The topological polar surface area (TPSA) is 52.6 Å². The number of rotatable bonds is 5. The molecule has 0 bridgehead atoms. The van der Waals surface area contributed by atoms with Crippen molar-refractivity contribution in [3.05, 3.63) is 67.2 Å². The summed E-state index contributed by atoms with van der Waals surface area (Å²) < 4.78 is 9.11. The highest BCUT2D eigenvalue weighted by Crippen LogP contribution is 2.01. The van der Waals surface area contributed by atoms with E-state index in [0.29, 0.717) is 0 Å². The second-order valence-corrected chi connectivity index (χ2v) is 3.09. The third-order valence-electron chi connectivity index (χ3n) is 1.80. The van der Waals surface area contributed by atoms with E-state index >= 15 is 0 Å². The average Bonchev–Trinajstić information content (AvgIpc) is 2.38. The van der Waals surface area contributed by atoms with Gasteiger partial charge in [0.2, 0.25) is 0 Å². The third-order valence-corrected chi connectivity index (χ3v) is 1.80. The van der Waals surface area contributed by atoms with Crippen molar-refractivity contribution in [3.63, 3.8) is 0 Å². The van der Waals surface area contributed by atoms with E-state index < -0.39 is 11.9 Å². The lowest BCUT2D eigenvalue weighted by Gasteiger charge is -1.94. The first-order valence-corrected chi connectivity index (χ1v) is 5.14. The number of hydrogen-bond donors (Lipinski definition) is 0. The lowest BCUT2D eigenvalue weighted by atomic mass is 10.2. The molecular formula is C14H12O4. The third kappa shape index (κ3) is 5.46. The monoisotopic (exact) mass is 244 g/mol. The molecule has 0 fully saturated rings. The minimum Gasteiger partial charge on any atom is -0.432 e. The smallest absolute Gasteiger partial charge is 0.335 e. The van der Waals surface area contributed by atoms with Crippen LogP contribution < -0.4 is 0 Å². The summed E-state index contributed by atoms with van der Waals surface area (Å²) in [5, 5.41) is 0. The summed E-state index contributed by atoms with van der Waals surface area (Å²) in [5.74, 6) is -1.35. The average molecular weight is 244 g/mol. The molecule has 1 aromatic rings. The second kappa shape index (κ2) is 7.62. The van der Waals surface area contributed by atoms with Crippen molar-refractivity contribution in [2.45, 2.75) is 0 Å². The molecule has 92 valence electrons. The summed E-state index contributed by atoms with van der Waals surface area (Å²) in [6.07, 6.45) is 5.80. The van der Waals surface area contributed by atoms with Crippen LogP contribution in [0.2, 0.25) is 0 Å². The van der Waals surface area contributed by atoms with Crippen molar-refractivity contribution in [3.8, 4) is 0 Å². The van der Waals surface area contributed by atoms with Crippen LogP contribution in [0.5, 0.6) is 0 Å². The standard InChI is InChI=1S/C14H12O4/c1-2-17-13(15)8-9-14(16)18-11-10-12-6-4-3-5-7-12/h2-11H,1H2/b9-8-,11-10?. The quantitative estimate of drug-likeness (QED) is 0.453. The van der Waals surface area contributed by atoms with E-state index in [9.17, 15) is 9.59 Å². The van der Waals surface area contributed by atoms with Gasteiger partial charge in [0.15, 0.2) is 0 Å². The molecule has 0 aliphatic carbocycles. The molecular weight excluding hydrogens is 232 g/mol. The zero-order valence-corrected chi connectivity index (χ0v) is 9.61. The maximum absolute atomic E-state index is 11.1. The molecule has 1 rings (SSSR count). The van der Waals surface area contributed by atoms with E-state index in [4.69, 9.17) is 4.74 Å². The van der Waals surface area contributed by atoms with E-state index in [2.05, 4.69) is 11.3 Å². The molecule has 0 radical (unpaired) electrons. The van der Waals surface area contributed by atoms with Crippen LogP contribution in [0.3, 0.4) is 0 Å². The van der Waals surface area contributed by atoms with Crippen LogP contribution in [0, 0.1) is 0 Å². The molecule has 0 aliphatic heterocycles. The van der Waals surface area contributed by atoms with Crippen molar-refractivity contribution in [1.29, 1.82) is 0 Å². The first kappa shape index (κ1) is 13.4. The Hall–Kier alpha value is -2.62. The fourth-order valence-corrected chi connectivity index (χ4v) is 1.04. The van der Waals surface area contributed by atoms with E-state index in [1.54, 1.807) is 6.08 Å². The summed E-state index contributed by atoms with van der Waals surface area (Å²) in [6.45, 7) is 3.21. The van der Waals surface area contributed by atoms with Crippen molar-refractivity contribution in [1.82, 2.24) is 0 Å². The van der Waals surface area contributed by atoms with Crippen LogP contribution in [0.1, 0.15) is 5.56 Å². The van der Waals surface area contributed by atoms with Gasteiger partial charge in [-0.3, -0.25) is 0 Å². The Bertz CT molecular complexity index is 472. The van der Waals surface area contributed by atoms with Gasteiger partial charge in [-0.1, -0.05) is 36.9 Å². The van der Waals surface area contributed by atoms with E-state index in [1.165, 1.54) is 6.26 Å². The molecule has 1 aromatic carbocycles. The molecule has 0 heterocycles. The molecule has 0 spiro atoms. The highest BCUT2D eigenvalue weighted by Gasteiger charge is 1.97. The molecule has 0 aliphatic rings. The number of carbonyl (C=O) groups excluding carboxylic acids is 2. The van der Waals surface area contributed by atoms with Crippen LogP contribution in [-0.2, 0) is 19.1 Å². The first-order chi connectivity index (χ1) is 8.72. The van der Waals surface area contributed by atoms with Crippen LogP contribution in [0.15, 0.2) is 61.6 Å². The zero-order chi connectivity index (χ0) is 13.2. The van der Waals surface area contributed by atoms with Crippen LogP contribution in [0.4, 0.5) is 0 Å². The van der Waals surface area contributed by atoms with Gasteiger partial charge in [-0.05, 0) is 11.6 Å². The Morgan fingerprint density at radius 1 is 1.00 bits per heavy atom. The van der Waals surface area contributed by atoms with Gasteiger partial charge in [0.05, 0.1) is 12.5 Å². The van der Waals surface area contributed by atoms with Gasteiger partial charge in [-0.2, -0.15) is 0 Å². The molecule has 0 saturated carbocycles. The summed E-state index contributed by atoms with van der Waals surface area (Å²) in [5.41, 5.74) is 0.903. The first-order valence-electron chi connectivity index (χ1n) is 5.14. The van der Waals surface area contributed by atoms with Gasteiger partial charge >= 0.3 is 11.9 Å².